The molecule has 0 bridgehead atoms. The van der Waals surface area contributed by atoms with Gasteiger partial charge in [0.2, 0.25) is 0 Å². The third kappa shape index (κ3) is 3.97. The van der Waals surface area contributed by atoms with Crippen LogP contribution in [-0.2, 0) is 9.47 Å². The highest BCUT2D eigenvalue weighted by Crippen LogP contribution is 2.37. The van der Waals surface area contributed by atoms with Crippen LogP contribution in [-0.4, -0.2) is 60.1 Å². The molecule has 25 heavy (non-hydrogen) atoms. The van der Waals surface area contributed by atoms with E-state index in [0.717, 1.165) is 24.3 Å². The van der Waals surface area contributed by atoms with Gasteiger partial charge in [-0.05, 0) is 33.8 Å². The Morgan fingerprint density at radius 1 is 1.28 bits per heavy atom. The summed E-state index contributed by atoms with van der Waals surface area (Å²) < 4.78 is 11.2. The summed E-state index contributed by atoms with van der Waals surface area (Å²) in [5.74, 6) is 0. The van der Waals surface area contributed by atoms with E-state index in [1.54, 1.807) is 4.90 Å². The highest BCUT2D eigenvalue weighted by molar-refractivity contribution is 5.90. The van der Waals surface area contributed by atoms with Crippen molar-refractivity contribution in [3.05, 3.63) is 29.8 Å². The summed E-state index contributed by atoms with van der Waals surface area (Å²) in [6.45, 7) is 10.1. The molecule has 1 fully saturated rings. The predicted molar refractivity (Wildman–Crippen MR) is 95.8 cm³/mol. The van der Waals surface area contributed by atoms with Crippen molar-refractivity contribution in [1.29, 1.82) is 0 Å². The zero-order valence-corrected chi connectivity index (χ0v) is 15.4. The zero-order chi connectivity index (χ0) is 18.2. The molecule has 6 nitrogen and oxygen atoms in total. The Morgan fingerprint density at radius 2 is 2.00 bits per heavy atom. The Bertz CT molecular complexity index is 628. The molecule has 6 heteroatoms. The maximum absolute atomic E-state index is 12.8. The molecule has 1 saturated heterocycles. The molecule has 1 N–H and O–H groups in total. The van der Waals surface area contributed by atoms with E-state index in [2.05, 4.69) is 4.90 Å². The van der Waals surface area contributed by atoms with Crippen LogP contribution >= 0.6 is 0 Å². The van der Waals surface area contributed by atoms with Gasteiger partial charge in [0.15, 0.2) is 0 Å². The number of aliphatic hydroxyl groups excluding tert-OH is 1. The monoisotopic (exact) mass is 348 g/mol. The standard InChI is InChI=1S/C19H28N2O4/c1-13-11-20(9-10-24-13)16-12-21(18(23)25-19(2,3)4)15-8-6-5-7-14(15)17(16)22/h5-8,13,16-17,22H,9-12H2,1-4H3/t13-,16-,17-/m1/s1. The van der Waals surface area contributed by atoms with E-state index < -0.39 is 11.7 Å². The van der Waals surface area contributed by atoms with Gasteiger partial charge in [-0.1, -0.05) is 18.2 Å². The number of morpholine rings is 1. The summed E-state index contributed by atoms with van der Waals surface area (Å²) in [6, 6.07) is 7.34. The average molecular weight is 348 g/mol. The van der Waals surface area contributed by atoms with Crippen LogP contribution in [0.1, 0.15) is 39.4 Å². The lowest BCUT2D eigenvalue weighted by molar-refractivity contribution is -0.0582. The third-order valence-electron chi connectivity index (χ3n) is 4.64. The van der Waals surface area contributed by atoms with Gasteiger partial charge in [-0.25, -0.2) is 4.79 Å². The molecular formula is C19H28N2O4. The van der Waals surface area contributed by atoms with E-state index in [9.17, 15) is 9.90 Å². The van der Waals surface area contributed by atoms with Gasteiger partial charge in [-0.2, -0.15) is 0 Å². The number of para-hydroxylation sites is 1. The van der Waals surface area contributed by atoms with Gasteiger partial charge >= 0.3 is 6.09 Å². The van der Waals surface area contributed by atoms with Crippen molar-refractivity contribution in [3.8, 4) is 0 Å². The quantitative estimate of drug-likeness (QED) is 0.845. The number of ether oxygens (including phenoxy) is 2. The van der Waals surface area contributed by atoms with Crippen LogP contribution < -0.4 is 4.90 Å². The number of hydrogen-bond donors (Lipinski definition) is 1. The molecule has 0 radical (unpaired) electrons. The van der Waals surface area contributed by atoms with Gasteiger partial charge in [0.25, 0.3) is 0 Å². The number of fused-ring (bicyclic) bond motifs is 1. The Morgan fingerprint density at radius 3 is 2.68 bits per heavy atom. The molecule has 0 spiro atoms. The van der Waals surface area contributed by atoms with E-state index >= 15 is 0 Å². The number of nitrogens with zero attached hydrogens (tertiary/aromatic N) is 2. The lowest BCUT2D eigenvalue weighted by atomic mass is 9.93. The topological polar surface area (TPSA) is 62.2 Å². The number of anilines is 1. The Kier molecular flexibility index (Phi) is 5.04. The van der Waals surface area contributed by atoms with Gasteiger partial charge in [0.05, 0.1) is 30.5 Å². The highest BCUT2D eigenvalue weighted by atomic mass is 16.6. The number of hydrogen-bond acceptors (Lipinski definition) is 5. The summed E-state index contributed by atoms with van der Waals surface area (Å²) in [5, 5.41) is 10.9. The molecule has 2 aliphatic rings. The van der Waals surface area contributed by atoms with Crippen molar-refractivity contribution in [2.24, 2.45) is 0 Å². The van der Waals surface area contributed by atoms with Crippen molar-refractivity contribution in [3.63, 3.8) is 0 Å². The summed E-state index contributed by atoms with van der Waals surface area (Å²) in [4.78, 5) is 16.6. The zero-order valence-electron chi connectivity index (χ0n) is 15.4. The largest absolute Gasteiger partial charge is 0.443 e. The van der Waals surface area contributed by atoms with Crippen LogP contribution in [0.4, 0.5) is 10.5 Å². The first kappa shape index (κ1) is 18.2. The predicted octanol–water partition coefficient (Wildman–Crippen LogP) is 2.56. The summed E-state index contributed by atoms with van der Waals surface area (Å²) in [5.41, 5.74) is 0.927. The van der Waals surface area contributed by atoms with Crippen LogP contribution in [0, 0.1) is 0 Å². The molecule has 2 aliphatic heterocycles. The normalized spacial score (nSPS) is 27.7. The fourth-order valence-corrected chi connectivity index (χ4v) is 3.53. The van der Waals surface area contributed by atoms with Crippen LogP contribution in [0.25, 0.3) is 0 Å². The van der Waals surface area contributed by atoms with E-state index in [0.29, 0.717) is 13.2 Å². The summed E-state index contributed by atoms with van der Waals surface area (Å²) >= 11 is 0. The molecule has 1 aromatic rings. The first-order valence-electron chi connectivity index (χ1n) is 8.89. The minimum atomic E-state index is -0.639. The van der Waals surface area contributed by atoms with Gasteiger partial charge in [0, 0.05) is 25.2 Å². The van der Waals surface area contributed by atoms with Crippen molar-refractivity contribution < 1.29 is 19.4 Å². The van der Waals surface area contributed by atoms with Crippen molar-refractivity contribution in [1.82, 2.24) is 4.90 Å². The van der Waals surface area contributed by atoms with Gasteiger partial charge in [-0.15, -0.1) is 0 Å². The molecule has 2 heterocycles. The Hall–Kier alpha value is -1.63. The second kappa shape index (κ2) is 6.94. The van der Waals surface area contributed by atoms with E-state index in [1.165, 1.54) is 0 Å². The van der Waals surface area contributed by atoms with E-state index in [4.69, 9.17) is 9.47 Å². The lowest BCUT2D eigenvalue weighted by Crippen LogP contribution is -2.56. The molecule has 1 aromatic carbocycles. The maximum Gasteiger partial charge on any atom is 0.414 e. The fraction of sp³-hybridized carbons (Fsp3) is 0.632. The number of carbonyl (C=O) groups is 1. The first-order chi connectivity index (χ1) is 11.8. The number of carbonyl (C=O) groups excluding carboxylic acids is 1. The second-order valence-corrected chi connectivity index (χ2v) is 7.84. The lowest BCUT2D eigenvalue weighted by Gasteiger charge is -2.45. The number of amides is 1. The molecule has 3 atom stereocenters. The minimum absolute atomic E-state index is 0.119. The highest BCUT2D eigenvalue weighted by Gasteiger charge is 2.40. The SMILES string of the molecule is C[C@@H]1CN([C@@H]2CN(C(=O)OC(C)(C)C)c3ccccc3[C@H]2O)CCO1. The van der Waals surface area contributed by atoms with Crippen LogP contribution in [0.5, 0.6) is 0 Å². The van der Waals surface area contributed by atoms with Crippen LogP contribution in [0.3, 0.4) is 0 Å². The van der Waals surface area contributed by atoms with E-state index in [-0.39, 0.29) is 18.2 Å². The minimum Gasteiger partial charge on any atom is -0.443 e. The van der Waals surface area contributed by atoms with Gasteiger partial charge < -0.3 is 14.6 Å². The van der Waals surface area contributed by atoms with Crippen molar-refractivity contribution in [2.45, 2.75) is 51.5 Å². The Labute approximate surface area is 149 Å². The first-order valence-corrected chi connectivity index (χ1v) is 8.89. The molecule has 0 saturated carbocycles. The number of benzene rings is 1. The summed E-state index contributed by atoms with van der Waals surface area (Å²) in [7, 11) is 0. The van der Waals surface area contributed by atoms with Crippen molar-refractivity contribution in [2.75, 3.05) is 31.1 Å². The summed E-state index contributed by atoms with van der Waals surface area (Å²) in [6.07, 6.45) is -0.897. The average Bonchev–Trinajstić information content (AvgIpc) is 2.53. The van der Waals surface area contributed by atoms with Gasteiger partial charge in [0.1, 0.15) is 5.60 Å². The molecular weight excluding hydrogens is 320 g/mol. The molecule has 0 aliphatic carbocycles. The molecule has 138 valence electrons. The van der Waals surface area contributed by atoms with Crippen molar-refractivity contribution >= 4 is 11.8 Å². The molecule has 0 aromatic heterocycles. The molecule has 0 unspecified atom stereocenters. The Balaban J connectivity index is 1.90. The smallest absolute Gasteiger partial charge is 0.414 e. The number of rotatable bonds is 1. The maximum atomic E-state index is 12.8. The molecule has 3 rings (SSSR count). The van der Waals surface area contributed by atoms with E-state index in [1.807, 2.05) is 52.0 Å². The van der Waals surface area contributed by atoms with Gasteiger partial charge in [-0.3, -0.25) is 9.80 Å². The second-order valence-electron chi connectivity index (χ2n) is 7.84. The fourth-order valence-electron chi connectivity index (χ4n) is 3.53. The van der Waals surface area contributed by atoms with Crippen LogP contribution in [0.15, 0.2) is 24.3 Å². The van der Waals surface area contributed by atoms with Crippen LogP contribution in [0.2, 0.25) is 0 Å². The molecule has 1 amide bonds. The number of aliphatic hydroxyl groups is 1. The third-order valence-corrected chi connectivity index (χ3v) is 4.64.